The topological polar surface area (TPSA) is 56.3 Å². The van der Waals surface area contributed by atoms with E-state index in [9.17, 15) is 14.3 Å². The lowest BCUT2D eigenvalue weighted by Gasteiger charge is -2.39. The summed E-state index contributed by atoms with van der Waals surface area (Å²) in [6, 6.07) is 13.8. The van der Waals surface area contributed by atoms with Gasteiger partial charge in [0.1, 0.15) is 5.82 Å². The van der Waals surface area contributed by atoms with Crippen LogP contribution >= 0.6 is 0 Å². The van der Waals surface area contributed by atoms with E-state index in [1.807, 2.05) is 30.5 Å². The molecule has 1 aromatic heterocycles. The lowest BCUT2D eigenvalue weighted by molar-refractivity contribution is -0.0248. The number of nitrogens with one attached hydrogen (secondary N) is 1. The maximum absolute atomic E-state index is 13.0. The fraction of sp³-hybridized carbons (Fsp3) is 0.348. The van der Waals surface area contributed by atoms with Crippen molar-refractivity contribution in [2.45, 2.75) is 31.3 Å². The number of carbonyl (C=O) groups excluding carboxylic acids is 1. The predicted octanol–water partition coefficient (Wildman–Crippen LogP) is 4.25. The Bertz CT molecular complexity index is 956. The van der Waals surface area contributed by atoms with Crippen molar-refractivity contribution in [1.29, 1.82) is 0 Å². The molecule has 1 aliphatic rings. The Balaban J connectivity index is 1.30. The Labute approximate surface area is 164 Å². The molecule has 2 heterocycles. The monoisotopic (exact) mass is 380 g/mol. The Morgan fingerprint density at radius 3 is 2.61 bits per heavy atom. The number of aromatic amines is 1. The first-order valence-electron chi connectivity index (χ1n) is 9.85. The van der Waals surface area contributed by atoms with E-state index in [-0.39, 0.29) is 11.6 Å². The molecule has 2 N–H and O–H groups in total. The summed E-state index contributed by atoms with van der Waals surface area (Å²) >= 11 is 0. The van der Waals surface area contributed by atoms with Gasteiger partial charge in [0.15, 0.2) is 5.78 Å². The number of ketones is 1. The maximum atomic E-state index is 13.0. The van der Waals surface area contributed by atoms with Gasteiger partial charge in [-0.25, -0.2) is 4.39 Å². The van der Waals surface area contributed by atoms with Crippen LogP contribution in [0.4, 0.5) is 4.39 Å². The number of aromatic nitrogens is 1. The molecule has 0 aliphatic carbocycles. The number of fused-ring (bicyclic) bond motifs is 1. The number of nitrogens with zero attached hydrogens (tertiary/aromatic N) is 1. The van der Waals surface area contributed by atoms with E-state index in [2.05, 4.69) is 9.88 Å². The van der Waals surface area contributed by atoms with Crippen molar-refractivity contribution in [3.8, 4) is 0 Å². The van der Waals surface area contributed by atoms with Crippen LogP contribution in [-0.4, -0.2) is 40.4 Å². The second-order valence-electron chi connectivity index (χ2n) is 7.65. The highest BCUT2D eigenvalue weighted by Crippen LogP contribution is 2.36. The number of carbonyl (C=O) groups is 1. The number of hydrogen-bond acceptors (Lipinski definition) is 3. The normalized spacial score (nSPS) is 17.1. The van der Waals surface area contributed by atoms with Crippen LogP contribution in [0.2, 0.25) is 0 Å². The average Bonchev–Trinajstić information content (AvgIpc) is 3.19. The number of halogens is 1. The standard InChI is InChI=1S/C23H25FN2O2/c24-18-8-6-17(7-9-18)22(27)5-2-14-26-15-11-23(28,12-16-26)20-3-1-4-21-19(20)10-13-25-21/h1,3-4,6-10,13,25,28H,2,5,11-12,14-16H2. The molecule has 4 nitrogen and oxygen atoms in total. The number of H-pyrrole nitrogens is 1. The number of rotatable bonds is 6. The first-order valence-corrected chi connectivity index (χ1v) is 9.85. The van der Waals surface area contributed by atoms with Gasteiger partial charge < -0.3 is 15.0 Å². The highest BCUT2D eigenvalue weighted by atomic mass is 19.1. The Kier molecular flexibility index (Phi) is 5.29. The summed E-state index contributed by atoms with van der Waals surface area (Å²) < 4.78 is 13.0. The van der Waals surface area contributed by atoms with Crippen molar-refractivity contribution in [3.63, 3.8) is 0 Å². The van der Waals surface area contributed by atoms with Crippen molar-refractivity contribution >= 4 is 16.7 Å². The maximum Gasteiger partial charge on any atom is 0.162 e. The third-order valence-electron chi connectivity index (χ3n) is 5.82. The summed E-state index contributed by atoms with van der Waals surface area (Å²) in [5, 5.41) is 12.3. The van der Waals surface area contributed by atoms with E-state index in [0.29, 0.717) is 24.8 Å². The number of aliphatic hydroxyl groups is 1. The SMILES string of the molecule is O=C(CCCN1CCC(O)(c2cccc3[nH]ccc23)CC1)c1ccc(F)cc1. The first kappa shape index (κ1) is 18.8. The van der Waals surface area contributed by atoms with E-state index in [1.54, 1.807) is 12.1 Å². The van der Waals surface area contributed by atoms with Gasteiger partial charge in [0.05, 0.1) is 5.60 Å². The van der Waals surface area contributed by atoms with Gasteiger partial charge in [0.2, 0.25) is 0 Å². The number of likely N-dealkylation sites (tertiary alicyclic amines) is 1. The Morgan fingerprint density at radius 2 is 1.86 bits per heavy atom. The molecule has 1 fully saturated rings. The van der Waals surface area contributed by atoms with Crippen molar-refractivity contribution < 1.29 is 14.3 Å². The number of piperidine rings is 1. The number of benzene rings is 2. The molecule has 28 heavy (non-hydrogen) atoms. The second kappa shape index (κ2) is 7.86. The van der Waals surface area contributed by atoms with Crippen LogP contribution in [0, 0.1) is 5.82 Å². The van der Waals surface area contributed by atoms with Gasteiger partial charge in [0, 0.05) is 42.2 Å². The molecule has 5 heteroatoms. The zero-order chi connectivity index (χ0) is 19.6. The molecule has 1 aliphatic heterocycles. The van der Waals surface area contributed by atoms with Crippen LogP contribution in [0.3, 0.4) is 0 Å². The highest BCUT2D eigenvalue weighted by Gasteiger charge is 2.35. The molecule has 146 valence electrons. The Hall–Kier alpha value is -2.50. The molecule has 0 saturated carbocycles. The molecule has 0 atom stereocenters. The largest absolute Gasteiger partial charge is 0.385 e. The van der Waals surface area contributed by atoms with Gasteiger partial charge in [-0.1, -0.05) is 12.1 Å². The fourth-order valence-corrected chi connectivity index (χ4v) is 4.15. The van der Waals surface area contributed by atoms with E-state index >= 15 is 0 Å². The minimum Gasteiger partial charge on any atom is -0.385 e. The molecule has 2 aromatic carbocycles. The van der Waals surface area contributed by atoms with E-state index < -0.39 is 5.60 Å². The summed E-state index contributed by atoms with van der Waals surface area (Å²) in [7, 11) is 0. The van der Waals surface area contributed by atoms with Gasteiger partial charge in [-0.05, 0) is 67.8 Å². The number of Topliss-reactive ketones (excluding diaryl/α,β-unsaturated/α-hetero) is 1. The van der Waals surface area contributed by atoms with Crippen molar-refractivity contribution in [2.24, 2.45) is 0 Å². The predicted molar refractivity (Wildman–Crippen MR) is 108 cm³/mol. The molecule has 0 radical (unpaired) electrons. The van der Waals surface area contributed by atoms with Crippen LogP contribution in [0.15, 0.2) is 54.7 Å². The van der Waals surface area contributed by atoms with Crippen LogP contribution in [0.1, 0.15) is 41.6 Å². The van der Waals surface area contributed by atoms with E-state index in [1.165, 1.54) is 12.1 Å². The third-order valence-corrected chi connectivity index (χ3v) is 5.82. The van der Waals surface area contributed by atoms with Crippen molar-refractivity contribution in [2.75, 3.05) is 19.6 Å². The molecule has 1 saturated heterocycles. The molecule has 4 rings (SSSR count). The fourth-order valence-electron chi connectivity index (χ4n) is 4.15. The van der Waals surface area contributed by atoms with E-state index in [4.69, 9.17) is 0 Å². The minimum atomic E-state index is -0.803. The minimum absolute atomic E-state index is 0.0487. The van der Waals surface area contributed by atoms with Gasteiger partial charge in [0.25, 0.3) is 0 Å². The first-order chi connectivity index (χ1) is 13.5. The highest BCUT2D eigenvalue weighted by molar-refractivity contribution is 5.95. The quantitative estimate of drug-likeness (QED) is 0.629. The molecule has 3 aromatic rings. The lowest BCUT2D eigenvalue weighted by atomic mass is 9.82. The molecule has 0 bridgehead atoms. The molecule has 0 amide bonds. The van der Waals surface area contributed by atoms with Crippen LogP contribution in [0.5, 0.6) is 0 Å². The van der Waals surface area contributed by atoms with Crippen molar-refractivity contribution in [3.05, 3.63) is 71.7 Å². The molecular formula is C23H25FN2O2. The summed E-state index contributed by atoms with van der Waals surface area (Å²) in [4.78, 5) is 17.7. The smallest absolute Gasteiger partial charge is 0.162 e. The summed E-state index contributed by atoms with van der Waals surface area (Å²) in [6.07, 6.45) is 4.49. The van der Waals surface area contributed by atoms with Crippen LogP contribution in [0.25, 0.3) is 10.9 Å². The van der Waals surface area contributed by atoms with E-state index in [0.717, 1.165) is 42.5 Å². The second-order valence-corrected chi connectivity index (χ2v) is 7.65. The summed E-state index contributed by atoms with van der Waals surface area (Å²) in [6.45, 7) is 2.45. The van der Waals surface area contributed by atoms with Gasteiger partial charge in [-0.2, -0.15) is 0 Å². The zero-order valence-electron chi connectivity index (χ0n) is 15.8. The van der Waals surface area contributed by atoms with Crippen molar-refractivity contribution in [1.82, 2.24) is 9.88 Å². The zero-order valence-corrected chi connectivity index (χ0v) is 15.8. The molecule has 0 spiro atoms. The molecular weight excluding hydrogens is 355 g/mol. The lowest BCUT2D eigenvalue weighted by Crippen LogP contribution is -2.43. The number of hydrogen-bond donors (Lipinski definition) is 2. The Morgan fingerprint density at radius 1 is 1.11 bits per heavy atom. The van der Waals surface area contributed by atoms with Gasteiger partial charge >= 0.3 is 0 Å². The van der Waals surface area contributed by atoms with Crippen LogP contribution in [-0.2, 0) is 5.60 Å². The summed E-state index contributed by atoms with van der Waals surface area (Å²) in [5.41, 5.74) is 1.81. The third kappa shape index (κ3) is 3.86. The van der Waals surface area contributed by atoms with Crippen LogP contribution < -0.4 is 0 Å². The van der Waals surface area contributed by atoms with Gasteiger partial charge in [-0.3, -0.25) is 4.79 Å². The summed E-state index contributed by atoms with van der Waals surface area (Å²) in [5.74, 6) is -0.277. The average molecular weight is 380 g/mol. The van der Waals surface area contributed by atoms with Gasteiger partial charge in [-0.15, -0.1) is 0 Å². The molecule has 0 unspecified atom stereocenters.